The lowest BCUT2D eigenvalue weighted by Crippen LogP contribution is -2.25. The van der Waals surface area contributed by atoms with Crippen molar-refractivity contribution in [2.45, 2.75) is 26.4 Å². The second kappa shape index (κ2) is 10.0. The summed E-state index contributed by atoms with van der Waals surface area (Å²) in [6.07, 6.45) is 0. The van der Waals surface area contributed by atoms with Crippen LogP contribution in [0.5, 0.6) is 5.75 Å². The number of carbonyl (C=O) groups is 1. The van der Waals surface area contributed by atoms with Crippen molar-refractivity contribution in [2.75, 3.05) is 26.9 Å². The number of carbonyl (C=O) groups excluding carboxylic acids is 1. The molecule has 3 rings (SSSR count). The van der Waals surface area contributed by atoms with Crippen molar-refractivity contribution in [3.05, 3.63) is 29.8 Å². The van der Waals surface area contributed by atoms with E-state index in [9.17, 15) is 14.6 Å². The maximum absolute atomic E-state index is 13.9. The molecule has 0 aliphatic rings. The van der Waals surface area contributed by atoms with E-state index in [1.165, 1.54) is 11.6 Å². The summed E-state index contributed by atoms with van der Waals surface area (Å²) < 4.78 is 37.0. The van der Waals surface area contributed by atoms with Gasteiger partial charge in [-0.05, 0) is 43.3 Å². The van der Waals surface area contributed by atoms with Crippen molar-refractivity contribution >= 4 is 30.1 Å². The molecule has 32 heavy (non-hydrogen) atoms. The summed E-state index contributed by atoms with van der Waals surface area (Å²) >= 11 is 0. The zero-order chi connectivity index (χ0) is 23.3. The number of esters is 1. The minimum Gasteiger partial charge on any atom is -0.494 e. The van der Waals surface area contributed by atoms with Crippen LogP contribution in [0.1, 0.15) is 32.0 Å². The second-order valence-electron chi connectivity index (χ2n) is 6.59. The molecule has 2 heterocycles. The molecule has 0 N–H and O–H groups in total. The third kappa shape index (κ3) is 4.17. The SMILES string of the molecule is CCOC(=O)C(C#N)C(c1cc2cccc(OC)c2n2nnnc12)P(=O)(OCC)OCC. The Kier molecular flexibility index (Phi) is 7.40. The van der Waals surface area contributed by atoms with Gasteiger partial charge in [0.1, 0.15) is 16.9 Å². The van der Waals surface area contributed by atoms with Gasteiger partial charge in [-0.1, -0.05) is 12.1 Å². The molecule has 1 aromatic carbocycles. The minimum absolute atomic E-state index is 0.0391. The van der Waals surface area contributed by atoms with Crippen LogP contribution in [0.2, 0.25) is 0 Å². The monoisotopic (exact) mass is 461 g/mol. The van der Waals surface area contributed by atoms with Crippen LogP contribution in [0, 0.1) is 17.2 Å². The molecule has 0 amide bonds. The van der Waals surface area contributed by atoms with Crippen molar-refractivity contribution in [3.8, 4) is 11.8 Å². The summed E-state index contributed by atoms with van der Waals surface area (Å²) in [5.41, 5.74) is -0.294. The second-order valence-corrected chi connectivity index (χ2v) is 8.74. The van der Waals surface area contributed by atoms with E-state index in [0.29, 0.717) is 16.7 Å². The highest BCUT2D eigenvalue weighted by atomic mass is 31.2. The van der Waals surface area contributed by atoms with E-state index in [0.717, 1.165) is 0 Å². The fraction of sp³-hybridized carbons (Fsp3) is 0.450. The molecule has 0 spiro atoms. The molecule has 11 nitrogen and oxygen atoms in total. The highest BCUT2D eigenvalue weighted by Crippen LogP contribution is 2.64. The number of pyridine rings is 1. The highest BCUT2D eigenvalue weighted by molar-refractivity contribution is 7.54. The third-order valence-electron chi connectivity index (χ3n) is 4.77. The number of fused-ring (bicyclic) bond motifs is 3. The molecule has 0 bridgehead atoms. The van der Waals surface area contributed by atoms with Crippen molar-refractivity contribution in [3.63, 3.8) is 0 Å². The van der Waals surface area contributed by atoms with Gasteiger partial charge in [0.15, 0.2) is 11.6 Å². The maximum Gasteiger partial charge on any atom is 0.340 e. The Bertz CT molecular complexity index is 1200. The van der Waals surface area contributed by atoms with Crippen LogP contribution in [0.3, 0.4) is 0 Å². The Morgan fingerprint density at radius 2 is 1.94 bits per heavy atom. The molecule has 12 heteroatoms. The molecule has 0 aliphatic carbocycles. The number of rotatable bonds is 10. The number of aromatic nitrogens is 4. The van der Waals surface area contributed by atoms with Gasteiger partial charge in [0, 0.05) is 10.9 Å². The Labute approximate surface area is 184 Å². The molecule has 0 saturated carbocycles. The van der Waals surface area contributed by atoms with Gasteiger partial charge in [-0.2, -0.15) is 9.78 Å². The Morgan fingerprint density at radius 1 is 1.22 bits per heavy atom. The first kappa shape index (κ1) is 23.6. The molecule has 2 atom stereocenters. The zero-order valence-electron chi connectivity index (χ0n) is 18.2. The third-order valence-corrected chi connectivity index (χ3v) is 7.27. The molecular formula is C20H24N5O6P. The highest BCUT2D eigenvalue weighted by Gasteiger charge is 2.48. The van der Waals surface area contributed by atoms with Gasteiger partial charge in [-0.15, -0.1) is 5.10 Å². The lowest BCUT2D eigenvalue weighted by atomic mass is 9.99. The van der Waals surface area contributed by atoms with Crippen LogP contribution >= 0.6 is 7.60 Å². The van der Waals surface area contributed by atoms with E-state index >= 15 is 0 Å². The molecule has 2 aromatic heterocycles. The number of para-hydroxylation sites is 1. The van der Waals surface area contributed by atoms with E-state index in [4.69, 9.17) is 18.5 Å². The van der Waals surface area contributed by atoms with Crippen LogP contribution in [0.25, 0.3) is 16.6 Å². The van der Waals surface area contributed by atoms with Crippen LogP contribution in [-0.4, -0.2) is 52.9 Å². The molecule has 3 aromatic rings. The lowest BCUT2D eigenvalue weighted by molar-refractivity contribution is -0.146. The largest absolute Gasteiger partial charge is 0.494 e. The number of nitriles is 1. The van der Waals surface area contributed by atoms with Gasteiger partial charge in [0.25, 0.3) is 0 Å². The van der Waals surface area contributed by atoms with Crippen LogP contribution in [-0.2, 0) is 23.1 Å². The summed E-state index contributed by atoms with van der Waals surface area (Å²) in [6, 6.07) is 8.91. The van der Waals surface area contributed by atoms with E-state index in [2.05, 4.69) is 15.5 Å². The fourth-order valence-electron chi connectivity index (χ4n) is 3.59. The van der Waals surface area contributed by atoms with Crippen LogP contribution in [0.15, 0.2) is 24.3 Å². The maximum atomic E-state index is 13.9. The summed E-state index contributed by atoms with van der Waals surface area (Å²) in [5, 5.41) is 22.4. The average Bonchev–Trinajstić information content (AvgIpc) is 3.27. The van der Waals surface area contributed by atoms with Crippen molar-refractivity contribution < 1.29 is 27.9 Å². The summed E-state index contributed by atoms with van der Waals surface area (Å²) in [4.78, 5) is 12.7. The summed E-state index contributed by atoms with van der Waals surface area (Å²) in [5.74, 6) is -1.80. The smallest absolute Gasteiger partial charge is 0.340 e. The number of tetrazole rings is 1. The first-order valence-corrected chi connectivity index (χ1v) is 11.7. The number of ether oxygens (including phenoxy) is 2. The fourth-order valence-corrected chi connectivity index (χ4v) is 5.79. The number of benzene rings is 1. The van der Waals surface area contributed by atoms with E-state index < -0.39 is 25.1 Å². The Hall–Kier alpha value is -3.06. The number of hydrogen-bond donors (Lipinski definition) is 0. The molecular weight excluding hydrogens is 437 g/mol. The minimum atomic E-state index is -4.04. The van der Waals surface area contributed by atoms with Crippen molar-refractivity contribution in [2.24, 2.45) is 5.92 Å². The van der Waals surface area contributed by atoms with E-state index in [-0.39, 0.29) is 31.0 Å². The summed E-state index contributed by atoms with van der Waals surface area (Å²) in [6.45, 7) is 5.04. The van der Waals surface area contributed by atoms with Crippen LogP contribution < -0.4 is 4.74 Å². The Morgan fingerprint density at radius 3 is 2.53 bits per heavy atom. The van der Waals surface area contributed by atoms with Gasteiger partial charge in [0.05, 0.1) is 33.0 Å². The predicted octanol–water partition coefficient (Wildman–Crippen LogP) is 3.30. The molecule has 0 aliphatic heterocycles. The number of nitrogens with zero attached hydrogens (tertiary/aromatic N) is 5. The average molecular weight is 461 g/mol. The first-order valence-electron chi connectivity index (χ1n) is 10.1. The van der Waals surface area contributed by atoms with Gasteiger partial charge < -0.3 is 18.5 Å². The van der Waals surface area contributed by atoms with Gasteiger partial charge in [0.2, 0.25) is 0 Å². The molecule has 0 fully saturated rings. The predicted molar refractivity (Wildman–Crippen MR) is 114 cm³/mol. The van der Waals surface area contributed by atoms with E-state index in [1.54, 1.807) is 45.0 Å². The zero-order valence-corrected chi connectivity index (χ0v) is 19.1. The lowest BCUT2D eigenvalue weighted by Gasteiger charge is -2.29. The molecule has 0 radical (unpaired) electrons. The number of hydrogen-bond acceptors (Lipinski definition) is 10. The normalized spacial score (nSPS) is 13.6. The topological polar surface area (TPSA) is 138 Å². The Balaban J connectivity index is 2.38. The summed E-state index contributed by atoms with van der Waals surface area (Å²) in [7, 11) is -2.52. The van der Waals surface area contributed by atoms with Gasteiger partial charge in [-0.3, -0.25) is 9.36 Å². The molecule has 2 unspecified atom stereocenters. The van der Waals surface area contributed by atoms with Crippen molar-refractivity contribution in [1.29, 1.82) is 5.26 Å². The standard InChI is InChI=1S/C20H24N5O6P/c1-5-29-20(26)15(12-21)18(32(27,30-6-2)31-7-3)14-11-13-9-8-10-16(28-4)17(13)25-19(14)22-23-24-25/h8-11,15,18H,5-7H2,1-4H3. The van der Waals surface area contributed by atoms with Crippen LogP contribution in [0.4, 0.5) is 0 Å². The quantitative estimate of drug-likeness (QED) is 0.326. The van der Waals surface area contributed by atoms with E-state index in [1.807, 2.05) is 6.07 Å². The molecule has 0 saturated heterocycles. The van der Waals surface area contributed by atoms with Gasteiger partial charge >= 0.3 is 13.6 Å². The van der Waals surface area contributed by atoms with Crippen molar-refractivity contribution in [1.82, 2.24) is 20.0 Å². The first-order chi connectivity index (χ1) is 15.4. The number of methoxy groups -OCH3 is 1. The van der Waals surface area contributed by atoms with Gasteiger partial charge in [-0.25, -0.2) is 0 Å². The molecule has 170 valence electrons.